The van der Waals surface area contributed by atoms with E-state index in [1.807, 2.05) is 0 Å². The molecule has 0 spiro atoms. The number of nitro benzene ring substituents is 1. The summed E-state index contributed by atoms with van der Waals surface area (Å²) in [5.74, 6) is 0.709. The smallest absolute Gasteiger partial charge is 0.269 e. The molecule has 0 unspecified atom stereocenters. The van der Waals surface area contributed by atoms with Crippen LogP contribution in [-0.2, 0) is 11.4 Å². The van der Waals surface area contributed by atoms with Crippen LogP contribution >= 0.6 is 15.9 Å². The topological polar surface area (TPSA) is 103 Å². The van der Waals surface area contributed by atoms with Crippen LogP contribution in [0.25, 0.3) is 0 Å². The molecule has 1 amide bonds. The molecule has 0 saturated carbocycles. The molecule has 0 atom stereocenters. The van der Waals surface area contributed by atoms with Gasteiger partial charge < -0.3 is 9.47 Å². The van der Waals surface area contributed by atoms with E-state index in [2.05, 4.69) is 26.5 Å². The first-order valence-corrected chi connectivity index (χ1v) is 8.23. The van der Waals surface area contributed by atoms with E-state index in [-0.39, 0.29) is 18.2 Å². The van der Waals surface area contributed by atoms with Crippen LogP contribution < -0.4 is 14.9 Å². The second kappa shape index (κ2) is 8.95. The fraction of sp³-hybridized carbons (Fsp3) is 0.176. The van der Waals surface area contributed by atoms with Gasteiger partial charge in [-0.1, -0.05) is 0 Å². The molecule has 0 radical (unpaired) electrons. The van der Waals surface area contributed by atoms with E-state index in [1.54, 1.807) is 24.3 Å². The van der Waals surface area contributed by atoms with Gasteiger partial charge in [-0.15, -0.1) is 0 Å². The maximum atomic E-state index is 10.9. The van der Waals surface area contributed by atoms with E-state index < -0.39 is 4.92 Å². The maximum absolute atomic E-state index is 10.9. The monoisotopic (exact) mass is 421 g/mol. The zero-order valence-corrected chi connectivity index (χ0v) is 15.6. The lowest BCUT2D eigenvalue weighted by Crippen LogP contribution is -2.12. The van der Waals surface area contributed by atoms with E-state index in [9.17, 15) is 14.9 Å². The third-order valence-electron chi connectivity index (χ3n) is 3.25. The second-order valence-electron chi connectivity index (χ2n) is 5.16. The highest BCUT2D eigenvalue weighted by Gasteiger charge is 2.10. The number of carbonyl (C=O) groups excluding carboxylic acids is 1. The minimum absolute atomic E-state index is 0.0249. The standard InChI is InChI=1S/C17H16BrN3O5/c1-11(22)20-19-9-13-7-16(25-2)17(8-15(13)18)26-10-12-3-5-14(6-4-12)21(23)24/h3-9H,10H2,1-2H3,(H,20,22). The Morgan fingerprint density at radius 1 is 1.31 bits per heavy atom. The number of hydrazone groups is 1. The molecule has 2 rings (SSSR count). The van der Waals surface area contributed by atoms with Crippen molar-refractivity contribution in [1.29, 1.82) is 0 Å². The lowest BCUT2D eigenvalue weighted by atomic mass is 10.2. The number of nitro groups is 1. The van der Waals surface area contributed by atoms with Crippen molar-refractivity contribution in [2.24, 2.45) is 5.10 Å². The summed E-state index contributed by atoms with van der Waals surface area (Å²) in [5, 5.41) is 14.5. The molecule has 9 heteroatoms. The number of methoxy groups -OCH3 is 1. The molecule has 0 aliphatic carbocycles. The predicted octanol–water partition coefficient (Wildman–Crippen LogP) is 3.41. The molecule has 0 saturated heterocycles. The van der Waals surface area contributed by atoms with Gasteiger partial charge in [-0.25, -0.2) is 5.43 Å². The lowest BCUT2D eigenvalue weighted by Gasteiger charge is -2.12. The Morgan fingerprint density at radius 2 is 2.00 bits per heavy atom. The third kappa shape index (κ3) is 5.28. The highest BCUT2D eigenvalue weighted by molar-refractivity contribution is 9.10. The Kier molecular flexibility index (Phi) is 6.67. The first-order valence-electron chi connectivity index (χ1n) is 7.44. The normalized spacial score (nSPS) is 10.6. The van der Waals surface area contributed by atoms with Crippen LogP contribution in [0.15, 0.2) is 46.0 Å². The van der Waals surface area contributed by atoms with Crippen LogP contribution in [0, 0.1) is 10.1 Å². The van der Waals surface area contributed by atoms with Gasteiger partial charge in [0.1, 0.15) is 6.61 Å². The van der Waals surface area contributed by atoms with Crippen molar-refractivity contribution in [3.05, 3.63) is 62.1 Å². The molecule has 0 aliphatic heterocycles. The van der Waals surface area contributed by atoms with E-state index in [4.69, 9.17) is 9.47 Å². The number of non-ortho nitro benzene ring substituents is 1. The number of hydrogen-bond donors (Lipinski definition) is 1. The molecule has 2 aromatic rings. The summed E-state index contributed by atoms with van der Waals surface area (Å²) in [4.78, 5) is 21.1. The summed E-state index contributed by atoms with van der Waals surface area (Å²) < 4.78 is 11.8. The van der Waals surface area contributed by atoms with Gasteiger partial charge in [0.2, 0.25) is 5.91 Å². The van der Waals surface area contributed by atoms with E-state index in [1.165, 1.54) is 32.4 Å². The molecule has 26 heavy (non-hydrogen) atoms. The Morgan fingerprint density at radius 3 is 2.58 bits per heavy atom. The van der Waals surface area contributed by atoms with Gasteiger partial charge in [0, 0.05) is 29.1 Å². The first-order chi connectivity index (χ1) is 12.4. The molecule has 1 N–H and O–H groups in total. The second-order valence-corrected chi connectivity index (χ2v) is 6.02. The molecule has 8 nitrogen and oxygen atoms in total. The minimum Gasteiger partial charge on any atom is -0.493 e. The molecule has 0 fully saturated rings. The summed E-state index contributed by atoms with van der Waals surface area (Å²) in [6.45, 7) is 1.59. The zero-order valence-electron chi connectivity index (χ0n) is 14.1. The molecule has 0 aromatic heterocycles. The summed E-state index contributed by atoms with van der Waals surface area (Å²) in [6, 6.07) is 9.54. The van der Waals surface area contributed by atoms with Crippen LogP contribution in [0.3, 0.4) is 0 Å². The van der Waals surface area contributed by atoms with Crippen LogP contribution in [0.4, 0.5) is 5.69 Å². The molecule has 0 bridgehead atoms. The average Bonchev–Trinajstić information content (AvgIpc) is 2.61. The quantitative estimate of drug-likeness (QED) is 0.419. The van der Waals surface area contributed by atoms with Gasteiger partial charge >= 0.3 is 0 Å². The van der Waals surface area contributed by atoms with Crippen LogP contribution in [-0.4, -0.2) is 24.2 Å². The SMILES string of the molecule is COc1cc(C=NNC(C)=O)c(Br)cc1OCc1ccc([N+](=O)[O-])cc1. The molecular formula is C17H16BrN3O5. The van der Waals surface area contributed by atoms with E-state index >= 15 is 0 Å². The third-order valence-corrected chi connectivity index (χ3v) is 3.94. The highest BCUT2D eigenvalue weighted by Crippen LogP contribution is 2.33. The first kappa shape index (κ1) is 19.4. The fourth-order valence-electron chi connectivity index (χ4n) is 1.99. The summed E-state index contributed by atoms with van der Waals surface area (Å²) in [7, 11) is 1.51. The van der Waals surface area contributed by atoms with Gasteiger partial charge in [-0.05, 0) is 45.8 Å². The number of carbonyl (C=O) groups is 1. The van der Waals surface area contributed by atoms with Crippen molar-refractivity contribution in [3.8, 4) is 11.5 Å². The van der Waals surface area contributed by atoms with Gasteiger partial charge in [0.25, 0.3) is 5.69 Å². The van der Waals surface area contributed by atoms with Crippen molar-refractivity contribution in [2.45, 2.75) is 13.5 Å². The van der Waals surface area contributed by atoms with Gasteiger partial charge in [-0.2, -0.15) is 5.10 Å². The van der Waals surface area contributed by atoms with Crippen molar-refractivity contribution in [3.63, 3.8) is 0 Å². The number of halogens is 1. The number of ether oxygens (including phenoxy) is 2. The lowest BCUT2D eigenvalue weighted by molar-refractivity contribution is -0.384. The number of hydrogen-bond acceptors (Lipinski definition) is 6. The summed E-state index contributed by atoms with van der Waals surface area (Å²) >= 11 is 3.41. The molecule has 136 valence electrons. The number of benzene rings is 2. The molecular weight excluding hydrogens is 406 g/mol. The number of amides is 1. The Labute approximate surface area is 158 Å². The van der Waals surface area contributed by atoms with Gasteiger partial charge in [0.15, 0.2) is 11.5 Å². The number of rotatable bonds is 7. The number of nitrogens with zero attached hydrogens (tertiary/aromatic N) is 2. The largest absolute Gasteiger partial charge is 0.493 e. The van der Waals surface area contributed by atoms with Gasteiger partial charge in [-0.3, -0.25) is 14.9 Å². The summed E-state index contributed by atoms with van der Waals surface area (Å²) in [6.07, 6.45) is 1.48. The molecule has 2 aromatic carbocycles. The van der Waals surface area contributed by atoms with Crippen molar-refractivity contribution in [2.75, 3.05) is 7.11 Å². The Balaban J connectivity index is 2.13. The molecule has 0 aliphatic rings. The Hall–Kier alpha value is -2.94. The van der Waals surface area contributed by atoms with Crippen molar-refractivity contribution < 1.29 is 19.2 Å². The molecule has 0 heterocycles. The van der Waals surface area contributed by atoms with E-state index in [0.29, 0.717) is 21.5 Å². The Bertz CT molecular complexity index is 837. The maximum Gasteiger partial charge on any atom is 0.269 e. The van der Waals surface area contributed by atoms with Crippen molar-refractivity contribution in [1.82, 2.24) is 5.43 Å². The predicted molar refractivity (Wildman–Crippen MR) is 99.5 cm³/mol. The number of nitrogens with one attached hydrogen (secondary N) is 1. The zero-order chi connectivity index (χ0) is 19.1. The van der Waals surface area contributed by atoms with Crippen LogP contribution in [0.2, 0.25) is 0 Å². The van der Waals surface area contributed by atoms with Gasteiger partial charge in [0.05, 0.1) is 18.2 Å². The fourth-order valence-corrected chi connectivity index (χ4v) is 2.41. The van der Waals surface area contributed by atoms with Crippen LogP contribution in [0.5, 0.6) is 11.5 Å². The minimum atomic E-state index is -0.452. The van der Waals surface area contributed by atoms with Crippen LogP contribution in [0.1, 0.15) is 18.1 Å². The van der Waals surface area contributed by atoms with Crippen molar-refractivity contribution >= 4 is 33.7 Å². The average molecular weight is 422 g/mol. The highest BCUT2D eigenvalue weighted by atomic mass is 79.9. The van der Waals surface area contributed by atoms with E-state index in [0.717, 1.165) is 5.56 Å². The summed E-state index contributed by atoms with van der Waals surface area (Å²) in [5.41, 5.74) is 3.82.